The second-order valence-electron chi connectivity index (χ2n) is 4.99. The molecule has 0 fully saturated rings. The third kappa shape index (κ3) is 4.44. The molecule has 0 amide bonds. The van der Waals surface area contributed by atoms with Crippen molar-refractivity contribution < 1.29 is 17.5 Å². The highest BCUT2D eigenvalue weighted by molar-refractivity contribution is 7.91. The Labute approximate surface area is 120 Å². The summed E-state index contributed by atoms with van der Waals surface area (Å²) in [6, 6.07) is 1.18. The molecule has 6 heteroatoms. The van der Waals surface area contributed by atoms with Crippen molar-refractivity contribution in [2.24, 2.45) is 5.92 Å². The molecule has 20 heavy (non-hydrogen) atoms. The second kappa shape index (κ2) is 7.57. The van der Waals surface area contributed by atoms with Crippen LogP contribution in [0.15, 0.2) is 17.2 Å². The molecule has 1 aromatic rings. The molecule has 114 valence electrons. The van der Waals surface area contributed by atoms with E-state index in [1.165, 1.54) is 19.4 Å². The smallest absolute Gasteiger partial charge is 0.251 e. The Balaban J connectivity index is 2.75. The van der Waals surface area contributed by atoms with Crippen molar-refractivity contribution in [3.05, 3.63) is 18.1 Å². The highest BCUT2D eigenvalue weighted by Gasteiger charge is 2.22. The van der Waals surface area contributed by atoms with Crippen LogP contribution >= 0.6 is 0 Å². The van der Waals surface area contributed by atoms with Crippen LogP contribution in [-0.4, -0.2) is 26.3 Å². The number of hydrogen-bond acceptors (Lipinski definition) is 4. The summed E-state index contributed by atoms with van der Waals surface area (Å²) in [7, 11) is -2.37. The van der Waals surface area contributed by atoms with Crippen LogP contribution in [-0.2, 0) is 9.84 Å². The first kappa shape index (κ1) is 16.9. The number of sulfone groups is 1. The van der Waals surface area contributed by atoms with Gasteiger partial charge in [0.25, 0.3) is 5.88 Å². The Morgan fingerprint density at radius 3 is 2.70 bits per heavy atom. The highest BCUT2D eigenvalue weighted by Crippen LogP contribution is 2.23. The van der Waals surface area contributed by atoms with Crippen LogP contribution in [0.2, 0.25) is 0 Å². The molecular weight excluding hydrogens is 281 g/mol. The molecule has 0 aliphatic carbocycles. The molecule has 0 aliphatic heterocycles. The van der Waals surface area contributed by atoms with Crippen LogP contribution in [0, 0.1) is 11.7 Å². The summed E-state index contributed by atoms with van der Waals surface area (Å²) >= 11 is 0. The first-order valence-corrected chi connectivity index (χ1v) is 8.48. The van der Waals surface area contributed by atoms with Gasteiger partial charge in [-0.3, -0.25) is 0 Å². The van der Waals surface area contributed by atoms with E-state index in [1.54, 1.807) is 0 Å². The maximum absolute atomic E-state index is 13.9. The summed E-state index contributed by atoms with van der Waals surface area (Å²) < 4.78 is 42.9. The number of pyridine rings is 1. The Hall–Kier alpha value is -1.17. The lowest BCUT2D eigenvalue weighted by molar-refractivity contribution is 0.363. The van der Waals surface area contributed by atoms with Crippen LogP contribution in [0.4, 0.5) is 4.39 Å². The lowest BCUT2D eigenvalue weighted by Crippen LogP contribution is -2.11. The van der Waals surface area contributed by atoms with Crippen molar-refractivity contribution in [3.63, 3.8) is 0 Å². The molecule has 0 aliphatic rings. The van der Waals surface area contributed by atoms with E-state index >= 15 is 0 Å². The van der Waals surface area contributed by atoms with Crippen LogP contribution in [0.1, 0.15) is 39.5 Å². The summed E-state index contributed by atoms with van der Waals surface area (Å²) in [5.74, 6) is -0.750. The van der Waals surface area contributed by atoms with E-state index in [-0.39, 0.29) is 16.5 Å². The van der Waals surface area contributed by atoms with Crippen molar-refractivity contribution in [1.82, 2.24) is 4.98 Å². The predicted molar refractivity (Wildman–Crippen MR) is 76.1 cm³/mol. The molecule has 0 spiro atoms. The Bertz CT molecular complexity index is 531. The maximum atomic E-state index is 13.9. The van der Waals surface area contributed by atoms with E-state index in [0.717, 1.165) is 19.3 Å². The first-order valence-electron chi connectivity index (χ1n) is 6.83. The number of rotatable bonds is 8. The zero-order chi connectivity index (χ0) is 15.2. The summed E-state index contributed by atoms with van der Waals surface area (Å²) in [5, 5.41) is 0. The van der Waals surface area contributed by atoms with Crippen LogP contribution in [0.25, 0.3) is 0 Å². The summed E-state index contributed by atoms with van der Waals surface area (Å²) in [6.45, 7) is 4.21. The normalized spacial score (nSPS) is 13.2. The predicted octanol–water partition coefficient (Wildman–Crippen LogP) is 3.22. The van der Waals surface area contributed by atoms with E-state index in [0.29, 0.717) is 12.3 Å². The van der Waals surface area contributed by atoms with E-state index in [9.17, 15) is 12.8 Å². The fourth-order valence-corrected chi connectivity index (χ4v) is 3.55. The monoisotopic (exact) mass is 303 g/mol. The van der Waals surface area contributed by atoms with E-state index < -0.39 is 15.7 Å². The highest BCUT2D eigenvalue weighted by atomic mass is 32.2. The van der Waals surface area contributed by atoms with Crippen molar-refractivity contribution in [3.8, 4) is 5.88 Å². The van der Waals surface area contributed by atoms with Gasteiger partial charge in [0.2, 0.25) is 5.82 Å². The van der Waals surface area contributed by atoms with Gasteiger partial charge in [0, 0.05) is 6.20 Å². The van der Waals surface area contributed by atoms with Gasteiger partial charge < -0.3 is 4.74 Å². The van der Waals surface area contributed by atoms with Gasteiger partial charge in [-0.15, -0.1) is 0 Å². The minimum Gasteiger partial charge on any atom is -0.479 e. The molecule has 1 heterocycles. The van der Waals surface area contributed by atoms with Crippen molar-refractivity contribution in [2.45, 2.75) is 44.4 Å². The largest absolute Gasteiger partial charge is 0.479 e. The van der Waals surface area contributed by atoms with Gasteiger partial charge in [0.15, 0.2) is 9.84 Å². The summed E-state index contributed by atoms with van der Waals surface area (Å²) in [6.07, 6.45) is 4.78. The molecule has 0 saturated carbocycles. The van der Waals surface area contributed by atoms with Crippen molar-refractivity contribution >= 4 is 9.84 Å². The van der Waals surface area contributed by atoms with Gasteiger partial charge in [-0.25, -0.2) is 13.4 Å². The minimum absolute atomic E-state index is 0.0505. The molecule has 1 atom stereocenters. The Morgan fingerprint density at radius 2 is 2.10 bits per heavy atom. The third-order valence-corrected chi connectivity index (χ3v) is 5.05. The molecule has 0 radical (unpaired) electrons. The van der Waals surface area contributed by atoms with Crippen LogP contribution in [0.5, 0.6) is 5.88 Å². The molecular formula is C14H22FNO3S. The minimum atomic E-state index is -3.63. The standard InChI is InChI=1S/C14H22FNO3S/c1-4-6-11(2)7-5-10-20(17,18)12-8-9-16-14(19-3)13(12)15/h8-9,11H,4-7,10H2,1-3H3. The number of ether oxygens (including phenoxy) is 1. The number of nitrogens with zero attached hydrogens (tertiary/aromatic N) is 1. The lowest BCUT2D eigenvalue weighted by atomic mass is 10.0. The van der Waals surface area contributed by atoms with Gasteiger partial charge >= 0.3 is 0 Å². The third-order valence-electron chi connectivity index (χ3n) is 3.24. The van der Waals surface area contributed by atoms with E-state index in [2.05, 4.69) is 18.8 Å². The molecule has 1 aromatic heterocycles. The van der Waals surface area contributed by atoms with Gasteiger partial charge in [-0.2, -0.15) is 4.39 Å². The zero-order valence-electron chi connectivity index (χ0n) is 12.2. The van der Waals surface area contributed by atoms with Crippen molar-refractivity contribution in [2.75, 3.05) is 12.9 Å². The molecule has 0 aromatic carbocycles. The average molecular weight is 303 g/mol. The summed E-state index contributed by atoms with van der Waals surface area (Å²) in [4.78, 5) is 3.32. The Morgan fingerprint density at radius 1 is 1.40 bits per heavy atom. The molecule has 0 bridgehead atoms. The van der Waals surface area contributed by atoms with Gasteiger partial charge in [-0.05, 0) is 24.8 Å². The molecule has 0 N–H and O–H groups in total. The SMILES string of the molecule is CCCC(C)CCCS(=O)(=O)c1ccnc(OC)c1F. The van der Waals surface area contributed by atoms with E-state index in [4.69, 9.17) is 4.74 Å². The molecule has 1 unspecified atom stereocenters. The van der Waals surface area contributed by atoms with Crippen LogP contribution < -0.4 is 4.74 Å². The van der Waals surface area contributed by atoms with Gasteiger partial charge in [0.1, 0.15) is 4.90 Å². The number of aromatic nitrogens is 1. The maximum Gasteiger partial charge on any atom is 0.251 e. The zero-order valence-corrected chi connectivity index (χ0v) is 13.0. The number of hydrogen-bond donors (Lipinski definition) is 0. The number of methoxy groups -OCH3 is 1. The van der Waals surface area contributed by atoms with Gasteiger partial charge in [0.05, 0.1) is 12.9 Å². The first-order chi connectivity index (χ1) is 9.42. The number of halogens is 1. The van der Waals surface area contributed by atoms with Crippen LogP contribution in [0.3, 0.4) is 0 Å². The molecule has 0 saturated heterocycles. The second-order valence-corrected chi connectivity index (χ2v) is 7.06. The topological polar surface area (TPSA) is 56.3 Å². The van der Waals surface area contributed by atoms with Crippen molar-refractivity contribution in [1.29, 1.82) is 0 Å². The molecule has 4 nitrogen and oxygen atoms in total. The Kier molecular flexibility index (Phi) is 6.39. The fraction of sp³-hybridized carbons (Fsp3) is 0.643. The lowest BCUT2D eigenvalue weighted by Gasteiger charge is -2.11. The van der Waals surface area contributed by atoms with Gasteiger partial charge in [-0.1, -0.05) is 26.7 Å². The quantitative estimate of drug-likeness (QED) is 0.740. The average Bonchev–Trinajstić information content (AvgIpc) is 2.38. The molecule has 1 rings (SSSR count). The van der Waals surface area contributed by atoms with E-state index in [1.807, 2.05) is 0 Å². The fourth-order valence-electron chi connectivity index (χ4n) is 2.16. The summed E-state index contributed by atoms with van der Waals surface area (Å²) in [5.41, 5.74) is 0.